The van der Waals surface area contributed by atoms with Crippen LogP contribution in [-0.2, 0) is 6.54 Å². The summed E-state index contributed by atoms with van der Waals surface area (Å²) in [5.74, 6) is 2.26. The Morgan fingerprint density at radius 1 is 1.13 bits per heavy atom. The first kappa shape index (κ1) is 24.6. The lowest BCUT2D eigenvalue weighted by molar-refractivity contribution is 0.161. The van der Waals surface area contributed by atoms with Crippen LogP contribution in [0, 0.1) is 5.92 Å². The van der Waals surface area contributed by atoms with E-state index in [-0.39, 0.29) is 24.0 Å². The van der Waals surface area contributed by atoms with Gasteiger partial charge >= 0.3 is 0 Å². The van der Waals surface area contributed by atoms with Crippen LogP contribution >= 0.6 is 24.0 Å². The molecule has 1 aliphatic rings. The zero-order valence-electron chi connectivity index (χ0n) is 18.4. The number of rotatable bonds is 7. The molecule has 0 bridgehead atoms. The molecule has 2 aromatic rings. The Balaban J connectivity index is 0.00000320. The van der Waals surface area contributed by atoms with Crippen LogP contribution in [0.3, 0.4) is 0 Å². The van der Waals surface area contributed by atoms with Gasteiger partial charge in [-0.25, -0.2) is 9.67 Å². The second kappa shape index (κ2) is 12.9. The lowest BCUT2D eigenvalue weighted by atomic mass is 10.0. The summed E-state index contributed by atoms with van der Waals surface area (Å²) in [5, 5.41) is 11.2. The first-order chi connectivity index (χ1) is 14.2. The van der Waals surface area contributed by atoms with Crippen molar-refractivity contribution in [2.45, 2.75) is 52.1 Å². The van der Waals surface area contributed by atoms with Gasteiger partial charge < -0.3 is 10.6 Å². The van der Waals surface area contributed by atoms with E-state index in [1.54, 1.807) is 10.9 Å². The van der Waals surface area contributed by atoms with Gasteiger partial charge in [0.25, 0.3) is 0 Å². The standard InChI is InChI=1S/C22H35N7.HI/c1-18(2)20(28-12-6-4-5-7-13-28)17-26-22(23-3)25-16-19-9-11-24-21(15-19)29-14-8-10-27-29;/h8-11,14-15,18,20H,4-7,12-13,16-17H2,1-3H3,(H2,23,25,26);1H. The summed E-state index contributed by atoms with van der Waals surface area (Å²) in [6.07, 6.45) is 10.8. The fourth-order valence-corrected chi connectivity index (χ4v) is 3.92. The normalized spacial score (nSPS) is 16.6. The van der Waals surface area contributed by atoms with E-state index in [4.69, 9.17) is 0 Å². The van der Waals surface area contributed by atoms with Crippen molar-refractivity contribution in [2.75, 3.05) is 26.7 Å². The molecule has 0 amide bonds. The molecular formula is C22H36IN7. The topological polar surface area (TPSA) is 70.4 Å². The summed E-state index contributed by atoms with van der Waals surface area (Å²) in [5.41, 5.74) is 1.14. The minimum atomic E-state index is 0. The Morgan fingerprint density at radius 2 is 1.90 bits per heavy atom. The second-order valence-electron chi connectivity index (χ2n) is 8.04. The van der Waals surface area contributed by atoms with Gasteiger partial charge in [0.15, 0.2) is 11.8 Å². The summed E-state index contributed by atoms with van der Waals surface area (Å²) in [4.78, 5) is 11.5. The van der Waals surface area contributed by atoms with Crippen LogP contribution in [0.5, 0.6) is 0 Å². The van der Waals surface area contributed by atoms with Gasteiger partial charge in [0.05, 0.1) is 0 Å². The number of hydrogen-bond donors (Lipinski definition) is 2. The highest BCUT2D eigenvalue weighted by Gasteiger charge is 2.22. The molecule has 2 N–H and O–H groups in total. The first-order valence-electron chi connectivity index (χ1n) is 10.8. The third kappa shape index (κ3) is 7.23. The molecule has 0 aliphatic carbocycles. The summed E-state index contributed by atoms with van der Waals surface area (Å²) in [7, 11) is 1.83. The average Bonchev–Trinajstić information content (AvgIpc) is 3.14. The molecule has 1 aliphatic heterocycles. The molecule has 7 nitrogen and oxygen atoms in total. The van der Waals surface area contributed by atoms with E-state index in [9.17, 15) is 0 Å². The Morgan fingerprint density at radius 3 is 2.53 bits per heavy atom. The molecule has 0 aromatic carbocycles. The van der Waals surface area contributed by atoms with E-state index in [2.05, 4.69) is 44.5 Å². The Labute approximate surface area is 197 Å². The smallest absolute Gasteiger partial charge is 0.191 e. The van der Waals surface area contributed by atoms with Gasteiger partial charge in [0.2, 0.25) is 0 Å². The van der Waals surface area contributed by atoms with Gasteiger partial charge in [-0.05, 0) is 55.6 Å². The van der Waals surface area contributed by atoms with Crippen molar-refractivity contribution in [1.82, 2.24) is 30.3 Å². The SMILES string of the molecule is CN=C(NCc1ccnc(-n2cccn2)c1)NCC(C(C)C)N1CCCCCC1.I. The molecule has 8 heteroatoms. The van der Waals surface area contributed by atoms with Crippen LogP contribution in [0.15, 0.2) is 41.8 Å². The van der Waals surface area contributed by atoms with E-state index in [0.717, 1.165) is 23.9 Å². The van der Waals surface area contributed by atoms with E-state index in [1.165, 1.54) is 38.8 Å². The third-order valence-corrected chi connectivity index (χ3v) is 5.59. The minimum absolute atomic E-state index is 0. The number of pyridine rings is 1. The van der Waals surface area contributed by atoms with Crippen LogP contribution in [0.2, 0.25) is 0 Å². The highest BCUT2D eigenvalue weighted by Crippen LogP contribution is 2.17. The van der Waals surface area contributed by atoms with Crippen LogP contribution in [-0.4, -0.2) is 58.3 Å². The van der Waals surface area contributed by atoms with Crippen LogP contribution < -0.4 is 10.6 Å². The highest BCUT2D eigenvalue weighted by molar-refractivity contribution is 14.0. The fraction of sp³-hybridized carbons (Fsp3) is 0.591. The van der Waals surface area contributed by atoms with Crippen LogP contribution in [0.4, 0.5) is 0 Å². The van der Waals surface area contributed by atoms with Crippen molar-refractivity contribution < 1.29 is 0 Å². The monoisotopic (exact) mass is 525 g/mol. The van der Waals surface area contributed by atoms with Crippen molar-refractivity contribution >= 4 is 29.9 Å². The molecule has 2 aromatic heterocycles. The molecule has 0 spiro atoms. The highest BCUT2D eigenvalue weighted by atomic mass is 127. The molecule has 1 unspecified atom stereocenters. The van der Waals surface area contributed by atoms with E-state index >= 15 is 0 Å². The number of aromatic nitrogens is 3. The predicted octanol–water partition coefficient (Wildman–Crippen LogP) is 3.45. The number of halogens is 1. The number of aliphatic imine (C=N–C) groups is 1. The minimum Gasteiger partial charge on any atom is -0.355 e. The third-order valence-electron chi connectivity index (χ3n) is 5.59. The van der Waals surface area contributed by atoms with Gasteiger partial charge in [-0.1, -0.05) is 26.7 Å². The summed E-state index contributed by atoms with van der Waals surface area (Å²) < 4.78 is 1.77. The summed E-state index contributed by atoms with van der Waals surface area (Å²) in [6.45, 7) is 8.66. The second-order valence-corrected chi connectivity index (χ2v) is 8.04. The van der Waals surface area contributed by atoms with Crippen LogP contribution in [0.1, 0.15) is 45.1 Å². The number of guanidine groups is 1. The Kier molecular flexibility index (Phi) is 10.6. The zero-order chi connectivity index (χ0) is 20.5. The zero-order valence-corrected chi connectivity index (χ0v) is 20.8. The molecular weight excluding hydrogens is 489 g/mol. The fourth-order valence-electron chi connectivity index (χ4n) is 3.92. The Bertz CT molecular complexity index is 753. The quantitative estimate of drug-likeness (QED) is 0.329. The summed E-state index contributed by atoms with van der Waals surface area (Å²) >= 11 is 0. The molecule has 3 rings (SSSR count). The molecule has 0 saturated carbocycles. The molecule has 1 saturated heterocycles. The number of nitrogens with one attached hydrogen (secondary N) is 2. The van der Waals surface area contributed by atoms with Gasteiger partial charge in [-0.3, -0.25) is 9.89 Å². The largest absolute Gasteiger partial charge is 0.355 e. The maximum Gasteiger partial charge on any atom is 0.191 e. The summed E-state index contributed by atoms with van der Waals surface area (Å²) in [6, 6.07) is 6.48. The van der Waals surface area contributed by atoms with Crippen molar-refractivity contribution in [2.24, 2.45) is 10.9 Å². The van der Waals surface area contributed by atoms with Gasteiger partial charge in [-0.2, -0.15) is 5.10 Å². The van der Waals surface area contributed by atoms with E-state index in [1.807, 2.05) is 37.6 Å². The Hall–Kier alpha value is -1.68. The van der Waals surface area contributed by atoms with Crippen molar-refractivity contribution in [3.8, 4) is 5.82 Å². The lowest BCUT2D eigenvalue weighted by Gasteiger charge is -2.34. The molecule has 30 heavy (non-hydrogen) atoms. The van der Waals surface area contributed by atoms with Crippen LogP contribution in [0.25, 0.3) is 5.82 Å². The number of hydrogen-bond acceptors (Lipinski definition) is 4. The maximum absolute atomic E-state index is 4.41. The molecule has 1 atom stereocenters. The van der Waals surface area contributed by atoms with Crippen molar-refractivity contribution in [3.05, 3.63) is 42.4 Å². The van der Waals surface area contributed by atoms with Gasteiger partial charge in [0, 0.05) is 44.8 Å². The van der Waals surface area contributed by atoms with Crippen molar-refractivity contribution in [3.63, 3.8) is 0 Å². The van der Waals surface area contributed by atoms with E-state index in [0.29, 0.717) is 18.5 Å². The first-order valence-corrected chi connectivity index (χ1v) is 10.8. The lowest BCUT2D eigenvalue weighted by Crippen LogP contribution is -2.49. The molecule has 0 radical (unpaired) electrons. The molecule has 3 heterocycles. The maximum atomic E-state index is 4.41. The van der Waals surface area contributed by atoms with Gasteiger partial charge in [-0.15, -0.1) is 24.0 Å². The predicted molar refractivity (Wildman–Crippen MR) is 134 cm³/mol. The van der Waals surface area contributed by atoms with Gasteiger partial charge in [0.1, 0.15) is 0 Å². The number of nitrogens with zero attached hydrogens (tertiary/aromatic N) is 5. The van der Waals surface area contributed by atoms with E-state index < -0.39 is 0 Å². The molecule has 166 valence electrons. The molecule has 1 fully saturated rings. The average molecular weight is 525 g/mol. The number of likely N-dealkylation sites (tertiary alicyclic amines) is 1. The van der Waals surface area contributed by atoms with Crippen molar-refractivity contribution in [1.29, 1.82) is 0 Å².